The van der Waals surface area contributed by atoms with Crippen molar-refractivity contribution in [2.24, 2.45) is 17.6 Å². The van der Waals surface area contributed by atoms with Crippen LogP contribution in [0, 0.1) is 11.8 Å². The summed E-state index contributed by atoms with van der Waals surface area (Å²) in [5.41, 5.74) is 5.75. The number of hydrogen-bond acceptors (Lipinski definition) is 2. The van der Waals surface area contributed by atoms with Gasteiger partial charge in [-0.15, -0.1) is 12.4 Å². The SMILES string of the molecule is CC[C@@H]1CC[C@@H](C(=O)O)[C@H]1N.Cl. The van der Waals surface area contributed by atoms with Gasteiger partial charge in [0.2, 0.25) is 0 Å². The van der Waals surface area contributed by atoms with E-state index in [4.69, 9.17) is 10.8 Å². The van der Waals surface area contributed by atoms with E-state index in [9.17, 15) is 4.79 Å². The summed E-state index contributed by atoms with van der Waals surface area (Å²) in [4.78, 5) is 10.6. The summed E-state index contributed by atoms with van der Waals surface area (Å²) in [5.74, 6) is -0.593. The Kier molecular flexibility index (Phi) is 4.57. The van der Waals surface area contributed by atoms with Crippen molar-refractivity contribution in [1.82, 2.24) is 0 Å². The number of carboxylic acids is 1. The van der Waals surface area contributed by atoms with Gasteiger partial charge in [0, 0.05) is 6.04 Å². The number of halogens is 1. The van der Waals surface area contributed by atoms with E-state index >= 15 is 0 Å². The van der Waals surface area contributed by atoms with Gasteiger partial charge < -0.3 is 10.8 Å². The first kappa shape index (κ1) is 11.7. The molecule has 0 heterocycles. The van der Waals surface area contributed by atoms with Crippen molar-refractivity contribution in [3.8, 4) is 0 Å². The second kappa shape index (κ2) is 4.67. The average molecular weight is 194 g/mol. The third-order valence-electron chi connectivity index (χ3n) is 2.70. The largest absolute Gasteiger partial charge is 0.481 e. The molecule has 0 amide bonds. The number of hydrogen-bond donors (Lipinski definition) is 2. The molecular weight excluding hydrogens is 178 g/mol. The molecule has 72 valence electrons. The molecule has 3 nitrogen and oxygen atoms in total. The van der Waals surface area contributed by atoms with Crippen LogP contribution in [0.25, 0.3) is 0 Å². The quantitative estimate of drug-likeness (QED) is 0.694. The lowest BCUT2D eigenvalue weighted by atomic mass is 9.97. The van der Waals surface area contributed by atoms with Crippen LogP contribution < -0.4 is 5.73 Å². The van der Waals surface area contributed by atoms with E-state index in [1.807, 2.05) is 0 Å². The molecule has 0 radical (unpaired) electrons. The van der Waals surface area contributed by atoms with Crippen LogP contribution in [0.5, 0.6) is 0 Å². The molecule has 1 aliphatic rings. The van der Waals surface area contributed by atoms with Crippen LogP contribution in [0.15, 0.2) is 0 Å². The van der Waals surface area contributed by atoms with Gasteiger partial charge in [-0.1, -0.05) is 13.3 Å². The van der Waals surface area contributed by atoms with Crippen molar-refractivity contribution in [2.75, 3.05) is 0 Å². The summed E-state index contributed by atoms with van der Waals surface area (Å²) in [6.45, 7) is 2.06. The van der Waals surface area contributed by atoms with E-state index in [2.05, 4.69) is 6.92 Å². The second-order valence-corrected chi connectivity index (χ2v) is 3.27. The van der Waals surface area contributed by atoms with Crippen molar-refractivity contribution < 1.29 is 9.90 Å². The highest BCUT2D eigenvalue weighted by Crippen LogP contribution is 2.31. The summed E-state index contributed by atoms with van der Waals surface area (Å²) in [6.07, 6.45) is 2.74. The molecule has 0 spiro atoms. The molecule has 4 heteroatoms. The molecule has 1 rings (SSSR count). The number of nitrogens with two attached hydrogens (primary N) is 1. The number of carboxylic acid groups (broad SMARTS) is 1. The van der Waals surface area contributed by atoms with Crippen LogP contribution in [-0.2, 0) is 4.79 Å². The lowest BCUT2D eigenvalue weighted by molar-refractivity contribution is -0.142. The molecule has 1 fully saturated rings. The van der Waals surface area contributed by atoms with Crippen LogP contribution in [-0.4, -0.2) is 17.1 Å². The molecule has 0 aromatic rings. The molecule has 0 aliphatic heterocycles. The highest BCUT2D eigenvalue weighted by Gasteiger charge is 2.36. The predicted octanol–water partition coefficient (Wildman–Crippen LogP) is 1.26. The Labute approximate surface area is 78.7 Å². The van der Waals surface area contributed by atoms with Crippen molar-refractivity contribution >= 4 is 18.4 Å². The fourth-order valence-electron chi connectivity index (χ4n) is 1.87. The zero-order valence-corrected chi connectivity index (χ0v) is 8.01. The van der Waals surface area contributed by atoms with Gasteiger partial charge in [-0.05, 0) is 18.8 Å². The highest BCUT2D eigenvalue weighted by atomic mass is 35.5. The molecule has 3 atom stereocenters. The van der Waals surface area contributed by atoms with Crippen molar-refractivity contribution in [1.29, 1.82) is 0 Å². The van der Waals surface area contributed by atoms with E-state index in [0.717, 1.165) is 19.3 Å². The van der Waals surface area contributed by atoms with Crippen LogP contribution in [0.4, 0.5) is 0 Å². The summed E-state index contributed by atoms with van der Waals surface area (Å²) >= 11 is 0. The molecular formula is C8H16ClNO2. The third kappa shape index (κ3) is 2.11. The molecule has 12 heavy (non-hydrogen) atoms. The topological polar surface area (TPSA) is 63.3 Å². The zero-order valence-electron chi connectivity index (χ0n) is 7.19. The van der Waals surface area contributed by atoms with E-state index < -0.39 is 5.97 Å². The molecule has 1 saturated carbocycles. The van der Waals surface area contributed by atoms with Crippen molar-refractivity contribution in [3.05, 3.63) is 0 Å². The standard InChI is InChI=1S/C8H15NO2.ClH/c1-2-5-3-4-6(7(5)9)8(10)11;/h5-7H,2-4,9H2,1H3,(H,10,11);1H/t5-,6-,7+;/m1./s1. The number of rotatable bonds is 2. The summed E-state index contributed by atoms with van der Waals surface area (Å²) in [6, 6.07) is -0.113. The maximum Gasteiger partial charge on any atom is 0.308 e. The zero-order chi connectivity index (χ0) is 8.43. The maximum atomic E-state index is 10.6. The minimum Gasteiger partial charge on any atom is -0.481 e. The van der Waals surface area contributed by atoms with Gasteiger partial charge in [-0.25, -0.2) is 0 Å². The minimum atomic E-state index is -0.728. The van der Waals surface area contributed by atoms with Gasteiger partial charge in [-0.3, -0.25) is 4.79 Å². The molecule has 3 N–H and O–H groups in total. The van der Waals surface area contributed by atoms with E-state index in [0.29, 0.717) is 5.92 Å². The fourth-order valence-corrected chi connectivity index (χ4v) is 1.87. The van der Waals surface area contributed by atoms with Crippen LogP contribution >= 0.6 is 12.4 Å². The first-order valence-electron chi connectivity index (χ1n) is 4.15. The van der Waals surface area contributed by atoms with Crippen LogP contribution in [0.3, 0.4) is 0 Å². The van der Waals surface area contributed by atoms with Gasteiger partial charge in [0.1, 0.15) is 0 Å². The Balaban J connectivity index is 0.00000121. The Hall–Kier alpha value is -0.280. The first-order valence-corrected chi connectivity index (χ1v) is 4.15. The lowest BCUT2D eigenvalue weighted by Crippen LogP contribution is -2.35. The fraction of sp³-hybridized carbons (Fsp3) is 0.875. The maximum absolute atomic E-state index is 10.6. The number of carbonyl (C=O) groups is 1. The van der Waals surface area contributed by atoms with Gasteiger partial charge in [-0.2, -0.15) is 0 Å². The average Bonchev–Trinajstić information content (AvgIpc) is 2.30. The van der Waals surface area contributed by atoms with E-state index in [-0.39, 0.29) is 24.4 Å². The van der Waals surface area contributed by atoms with Crippen molar-refractivity contribution in [2.45, 2.75) is 32.2 Å². The minimum absolute atomic E-state index is 0. The summed E-state index contributed by atoms with van der Waals surface area (Å²) in [5, 5.41) is 8.72. The van der Waals surface area contributed by atoms with E-state index in [1.165, 1.54) is 0 Å². The molecule has 1 aliphatic carbocycles. The second-order valence-electron chi connectivity index (χ2n) is 3.27. The lowest BCUT2D eigenvalue weighted by Gasteiger charge is -2.15. The Morgan fingerprint density at radius 2 is 2.17 bits per heavy atom. The Morgan fingerprint density at radius 3 is 2.42 bits per heavy atom. The smallest absolute Gasteiger partial charge is 0.308 e. The van der Waals surface area contributed by atoms with Gasteiger partial charge in [0.05, 0.1) is 5.92 Å². The molecule has 0 aromatic carbocycles. The van der Waals surface area contributed by atoms with E-state index in [1.54, 1.807) is 0 Å². The highest BCUT2D eigenvalue weighted by molar-refractivity contribution is 5.85. The summed E-state index contributed by atoms with van der Waals surface area (Å²) in [7, 11) is 0. The monoisotopic (exact) mass is 193 g/mol. The first-order chi connectivity index (χ1) is 5.16. The van der Waals surface area contributed by atoms with Crippen molar-refractivity contribution in [3.63, 3.8) is 0 Å². The van der Waals surface area contributed by atoms with Crippen LogP contribution in [0.2, 0.25) is 0 Å². The molecule has 0 aromatic heterocycles. The van der Waals surface area contributed by atoms with Gasteiger partial charge >= 0.3 is 5.97 Å². The van der Waals surface area contributed by atoms with Gasteiger partial charge in [0.15, 0.2) is 0 Å². The summed E-state index contributed by atoms with van der Waals surface area (Å²) < 4.78 is 0. The van der Waals surface area contributed by atoms with Crippen LogP contribution in [0.1, 0.15) is 26.2 Å². The molecule has 0 bridgehead atoms. The number of aliphatic carboxylic acids is 1. The molecule has 0 unspecified atom stereocenters. The normalized spacial score (nSPS) is 34.3. The molecule has 0 saturated heterocycles. The van der Waals surface area contributed by atoms with Gasteiger partial charge in [0.25, 0.3) is 0 Å². The Bertz CT molecular complexity index is 163. The third-order valence-corrected chi connectivity index (χ3v) is 2.70. The Morgan fingerprint density at radius 1 is 1.58 bits per heavy atom. The predicted molar refractivity (Wildman–Crippen MR) is 49.4 cm³/mol.